The molecule has 0 aliphatic heterocycles. The minimum absolute atomic E-state index is 0.668. The number of hydrogen-bond acceptors (Lipinski definition) is 4. The van der Waals surface area contributed by atoms with Crippen LogP contribution < -0.4 is 4.40 Å². The average molecular weight is 492 g/mol. The number of benzene rings is 3. The SMILES string of the molecule is Cc1ccc2c(n1)oc1c(-c3nc(C)nc4c3ccc3ccc[c]([Ge]([CH3])([CH3])[CH3])c34)cccc12. The van der Waals surface area contributed by atoms with E-state index in [4.69, 9.17) is 14.4 Å². The first kappa shape index (κ1) is 20.4. The van der Waals surface area contributed by atoms with Crippen molar-refractivity contribution in [3.8, 4) is 11.3 Å². The van der Waals surface area contributed by atoms with Gasteiger partial charge in [0.15, 0.2) is 0 Å². The molecule has 0 saturated heterocycles. The summed E-state index contributed by atoms with van der Waals surface area (Å²) in [6, 6.07) is 21.4. The van der Waals surface area contributed by atoms with Crippen LogP contribution in [0.4, 0.5) is 0 Å². The van der Waals surface area contributed by atoms with E-state index in [-0.39, 0.29) is 0 Å². The number of furan rings is 1. The summed E-state index contributed by atoms with van der Waals surface area (Å²) in [5.41, 5.74) is 5.37. The van der Waals surface area contributed by atoms with E-state index >= 15 is 0 Å². The van der Waals surface area contributed by atoms with Crippen molar-refractivity contribution in [2.75, 3.05) is 0 Å². The van der Waals surface area contributed by atoms with Gasteiger partial charge in [-0.3, -0.25) is 0 Å². The molecule has 33 heavy (non-hydrogen) atoms. The van der Waals surface area contributed by atoms with Crippen LogP contribution in [0.1, 0.15) is 11.5 Å². The van der Waals surface area contributed by atoms with E-state index in [2.05, 4.69) is 76.8 Å². The Morgan fingerprint density at radius 1 is 0.727 bits per heavy atom. The van der Waals surface area contributed by atoms with Gasteiger partial charge in [0, 0.05) is 0 Å². The van der Waals surface area contributed by atoms with Crippen LogP contribution in [0, 0.1) is 13.8 Å². The zero-order valence-electron chi connectivity index (χ0n) is 19.5. The van der Waals surface area contributed by atoms with E-state index in [1.54, 1.807) is 0 Å². The summed E-state index contributed by atoms with van der Waals surface area (Å²) in [4.78, 5) is 14.5. The maximum absolute atomic E-state index is 6.31. The van der Waals surface area contributed by atoms with Crippen LogP contribution in [-0.4, -0.2) is 28.2 Å². The summed E-state index contributed by atoms with van der Waals surface area (Å²) < 4.78 is 7.79. The third-order valence-corrected chi connectivity index (χ3v) is 10.7. The van der Waals surface area contributed by atoms with Crippen molar-refractivity contribution in [1.29, 1.82) is 0 Å². The van der Waals surface area contributed by atoms with Gasteiger partial charge >= 0.3 is 195 Å². The van der Waals surface area contributed by atoms with Crippen molar-refractivity contribution in [2.45, 2.75) is 31.1 Å². The van der Waals surface area contributed by atoms with Crippen LogP contribution in [0.2, 0.25) is 17.3 Å². The average Bonchev–Trinajstić information content (AvgIpc) is 3.15. The van der Waals surface area contributed by atoms with Crippen LogP contribution in [0.5, 0.6) is 0 Å². The predicted molar refractivity (Wildman–Crippen MR) is 140 cm³/mol. The van der Waals surface area contributed by atoms with E-state index in [0.717, 1.165) is 50.0 Å². The molecule has 0 radical (unpaired) electrons. The van der Waals surface area contributed by atoms with Gasteiger partial charge in [-0.1, -0.05) is 0 Å². The van der Waals surface area contributed by atoms with E-state index < -0.39 is 13.3 Å². The molecule has 0 unspecified atom stereocenters. The fraction of sp³-hybridized carbons (Fsp3) is 0.179. The molecule has 6 aromatic rings. The van der Waals surface area contributed by atoms with Gasteiger partial charge in [0.2, 0.25) is 0 Å². The molecule has 0 fully saturated rings. The molecule has 0 N–H and O–H groups in total. The van der Waals surface area contributed by atoms with E-state index in [0.29, 0.717) is 5.71 Å². The Kier molecular flexibility index (Phi) is 4.40. The molecule has 5 heteroatoms. The van der Waals surface area contributed by atoms with Crippen LogP contribution in [0.3, 0.4) is 0 Å². The van der Waals surface area contributed by atoms with E-state index in [1.165, 1.54) is 15.2 Å². The molecule has 162 valence electrons. The van der Waals surface area contributed by atoms with Crippen LogP contribution in [-0.2, 0) is 0 Å². The summed E-state index contributed by atoms with van der Waals surface area (Å²) in [5.74, 6) is 8.08. The Balaban J connectivity index is 1.75. The molecule has 3 heterocycles. The van der Waals surface area contributed by atoms with Crippen molar-refractivity contribution in [3.63, 3.8) is 0 Å². The van der Waals surface area contributed by atoms with Crippen LogP contribution >= 0.6 is 0 Å². The van der Waals surface area contributed by atoms with Crippen molar-refractivity contribution in [1.82, 2.24) is 15.0 Å². The van der Waals surface area contributed by atoms with Gasteiger partial charge < -0.3 is 0 Å². The molecule has 0 aliphatic carbocycles. The Hall–Kier alpha value is -3.25. The molecule has 3 aromatic carbocycles. The number of nitrogens with zero attached hydrogens (tertiary/aromatic N) is 3. The second-order valence-electron chi connectivity index (χ2n) is 9.82. The number of aromatic nitrogens is 3. The summed E-state index contributed by atoms with van der Waals surface area (Å²) >= 11 is -2.14. The monoisotopic (exact) mass is 493 g/mol. The third kappa shape index (κ3) is 3.16. The summed E-state index contributed by atoms with van der Waals surface area (Å²) in [6.07, 6.45) is 0. The van der Waals surface area contributed by atoms with Gasteiger partial charge in [0.1, 0.15) is 0 Å². The number of fused-ring (bicyclic) bond motifs is 6. The van der Waals surface area contributed by atoms with Gasteiger partial charge in [0.05, 0.1) is 0 Å². The molecule has 4 nitrogen and oxygen atoms in total. The Morgan fingerprint density at radius 2 is 1.52 bits per heavy atom. The number of para-hydroxylation sites is 1. The summed E-state index contributed by atoms with van der Waals surface area (Å²) in [7, 11) is 0. The molecule has 0 aliphatic rings. The van der Waals surface area contributed by atoms with Crippen molar-refractivity contribution < 1.29 is 4.42 Å². The zero-order valence-corrected chi connectivity index (χ0v) is 21.6. The first-order valence-electron chi connectivity index (χ1n) is 11.3. The summed E-state index contributed by atoms with van der Waals surface area (Å²) in [6.45, 7) is 3.96. The topological polar surface area (TPSA) is 51.8 Å². The molecular weight excluding hydrogens is 467 g/mol. The molecule has 0 bridgehead atoms. The van der Waals surface area contributed by atoms with Gasteiger partial charge in [-0.05, 0) is 0 Å². The maximum atomic E-state index is 6.31. The standard InChI is InChI=1S/C28H25GeN3O/c1-16-12-14-20-19-9-7-10-22(27(19)33-28(20)30-16)25-21-15-13-18-8-6-11-23(29(3,4)5)24(18)26(21)32-17(2)31-25/h6-15H,1-5H3. The van der Waals surface area contributed by atoms with Gasteiger partial charge in [-0.2, -0.15) is 0 Å². The van der Waals surface area contributed by atoms with Crippen molar-refractivity contribution in [2.24, 2.45) is 0 Å². The number of aryl methyl sites for hydroxylation is 2. The molecule has 3 aromatic heterocycles. The van der Waals surface area contributed by atoms with E-state index in [1.807, 2.05) is 19.9 Å². The molecule has 0 amide bonds. The molecule has 0 spiro atoms. The second-order valence-corrected chi connectivity index (χ2v) is 20.4. The normalized spacial score (nSPS) is 12.4. The van der Waals surface area contributed by atoms with Crippen molar-refractivity contribution in [3.05, 3.63) is 72.2 Å². The summed E-state index contributed by atoms with van der Waals surface area (Å²) in [5, 5.41) is 5.67. The molecule has 6 rings (SSSR count). The Morgan fingerprint density at radius 3 is 2.33 bits per heavy atom. The van der Waals surface area contributed by atoms with Gasteiger partial charge in [0.25, 0.3) is 0 Å². The quantitative estimate of drug-likeness (QED) is 0.195. The fourth-order valence-corrected chi connectivity index (χ4v) is 8.24. The Bertz CT molecular complexity index is 1730. The Labute approximate surface area is 195 Å². The number of pyridine rings is 1. The number of hydrogen-bond donors (Lipinski definition) is 0. The second kappa shape index (κ2) is 7.12. The minimum atomic E-state index is -2.14. The first-order chi connectivity index (χ1) is 15.8. The fourth-order valence-electron chi connectivity index (χ4n) is 4.86. The zero-order chi connectivity index (χ0) is 22.9. The number of rotatable bonds is 2. The predicted octanol–water partition coefficient (Wildman–Crippen LogP) is 6.91. The van der Waals surface area contributed by atoms with Crippen molar-refractivity contribution >= 4 is 61.4 Å². The third-order valence-electron chi connectivity index (χ3n) is 6.39. The molecule has 0 atom stereocenters. The van der Waals surface area contributed by atoms with Crippen LogP contribution in [0.15, 0.2) is 65.1 Å². The van der Waals surface area contributed by atoms with Gasteiger partial charge in [-0.25, -0.2) is 0 Å². The van der Waals surface area contributed by atoms with Crippen LogP contribution in [0.25, 0.3) is 55.0 Å². The first-order valence-corrected chi connectivity index (χ1v) is 18.7. The van der Waals surface area contributed by atoms with E-state index in [9.17, 15) is 0 Å². The molecule has 0 saturated carbocycles. The molecular formula is C28H25GeN3O. The van der Waals surface area contributed by atoms with Gasteiger partial charge in [-0.15, -0.1) is 0 Å².